The van der Waals surface area contributed by atoms with Crippen LogP contribution in [0.1, 0.15) is 36.8 Å². The lowest BCUT2D eigenvalue weighted by atomic mass is 10.1. The van der Waals surface area contributed by atoms with E-state index in [1.807, 2.05) is 22.4 Å². The first-order valence-corrected chi connectivity index (χ1v) is 12.6. The molecule has 2 aromatic heterocycles. The lowest BCUT2D eigenvalue weighted by molar-refractivity contribution is -0.133. The number of hydrogen-bond donors (Lipinski definition) is 0. The molecule has 33 heavy (non-hydrogen) atoms. The molecular formula is C25H33N5O2S. The highest BCUT2D eigenvalue weighted by atomic mass is 32.1. The van der Waals surface area contributed by atoms with Gasteiger partial charge in [0.2, 0.25) is 11.8 Å². The minimum atomic E-state index is 0.125. The topological polar surface area (TPSA) is 65.7 Å². The van der Waals surface area contributed by atoms with Gasteiger partial charge in [-0.2, -0.15) is 0 Å². The molecule has 176 valence electrons. The van der Waals surface area contributed by atoms with Crippen molar-refractivity contribution in [1.29, 1.82) is 0 Å². The van der Waals surface area contributed by atoms with Crippen LogP contribution in [0.4, 0.5) is 0 Å². The van der Waals surface area contributed by atoms with Gasteiger partial charge in [0, 0.05) is 26.2 Å². The zero-order valence-corrected chi connectivity index (χ0v) is 20.4. The highest BCUT2D eigenvalue weighted by Gasteiger charge is 2.22. The molecule has 1 fully saturated rings. The molecule has 8 heteroatoms. The predicted molar refractivity (Wildman–Crippen MR) is 131 cm³/mol. The summed E-state index contributed by atoms with van der Waals surface area (Å²) in [5.74, 6) is 1.13. The molecule has 1 aromatic carbocycles. The van der Waals surface area contributed by atoms with E-state index in [1.165, 1.54) is 11.1 Å². The van der Waals surface area contributed by atoms with Crippen LogP contribution in [-0.2, 0) is 17.9 Å². The van der Waals surface area contributed by atoms with Crippen molar-refractivity contribution in [2.75, 3.05) is 39.3 Å². The van der Waals surface area contributed by atoms with Gasteiger partial charge < -0.3 is 9.32 Å². The average Bonchev–Trinajstić information content (AvgIpc) is 3.46. The summed E-state index contributed by atoms with van der Waals surface area (Å²) in [5, 5.41) is 10.3. The summed E-state index contributed by atoms with van der Waals surface area (Å²) in [5.41, 5.74) is 2.73. The molecule has 1 aliphatic rings. The van der Waals surface area contributed by atoms with Gasteiger partial charge in [-0.25, -0.2) is 0 Å². The fraction of sp³-hybridized carbons (Fsp3) is 0.480. The fourth-order valence-electron chi connectivity index (χ4n) is 4.20. The second-order valence-corrected chi connectivity index (χ2v) is 9.57. The molecule has 0 radical (unpaired) electrons. The number of thiophene rings is 1. The van der Waals surface area contributed by atoms with Crippen molar-refractivity contribution < 1.29 is 9.21 Å². The largest absolute Gasteiger partial charge is 0.418 e. The first kappa shape index (κ1) is 23.6. The van der Waals surface area contributed by atoms with Crippen LogP contribution in [0.5, 0.6) is 0 Å². The van der Waals surface area contributed by atoms with E-state index in [-0.39, 0.29) is 5.91 Å². The molecular weight excluding hydrogens is 434 g/mol. The van der Waals surface area contributed by atoms with E-state index in [2.05, 4.69) is 58.1 Å². The van der Waals surface area contributed by atoms with Crippen molar-refractivity contribution in [3.05, 3.63) is 58.8 Å². The van der Waals surface area contributed by atoms with Gasteiger partial charge in [0.1, 0.15) is 0 Å². The number of rotatable bonds is 9. The van der Waals surface area contributed by atoms with Gasteiger partial charge >= 0.3 is 0 Å². The normalized spacial score (nSPS) is 15.5. The Morgan fingerprint density at radius 2 is 1.91 bits per heavy atom. The van der Waals surface area contributed by atoms with Gasteiger partial charge in [-0.1, -0.05) is 37.3 Å². The van der Waals surface area contributed by atoms with Crippen molar-refractivity contribution in [2.24, 2.45) is 0 Å². The summed E-state index contributed by atoms with van der Waals surface area (Å²) in [6, 6.07) is 12.5. The molecule has 3 heterocycles. The van der Waals surface area contributed by atoms with Crippen molar-refractivity contribution in [1.82, 2.24) is 24.9 Å². The summed E-state index contributed by atoms with van der Waals surface area (Å²) < 4.78 is 5.82. The first-order chi connectivity index (χ1) is 16.1. The molecule has 0 unspecified atom stereocenters. The summed E-state index contributed by atoms with van der Waals surface area (Å²) in [4.78, 5) is 20.7. The first-order valence-electron chi connectivity index (χ1n) is 11.8. The number of hydrogen-bond acceptors (Lipinski definition) is 7. The number of amides is 1. The lowest BCUT2D eigenvalue weighted by Crippen LogP contribution is -2.41. The molecule has 0 atom stereocenters. The van der Waals surface area contributed by atoms with Crippen LogP contribution in [0, 0.1) is 6.92 Å². The SMILES string of the molecule is CCCN(Cc1nnc(-c2cccs2)o1)C(=O)CN1CCCN(Cc2ccccc2C)CC1. The van der Waals surface area contributed by atoms with E-state index >= 15 is 0 Å². The third-order valence-corrected chi connectivity index (χ3v) is 6.92. The van der Waals surface area contributed by atoms with E-state index in [0.29, 0.717) is 31.4 Å². The standard InChI is InChI=1S/C25H33N5O2S/c1-3-11-30(18-23-26-27-25(32-23)22-10-6-16-33-22)24(31)19-29-13-7-12-28(14-15-29)17-21-9-5-4-8-20(21)2/h4-6,8-10,16H,3,7,11-15,17-19H2,1-2H3. The quantitative estimate of drug-likeness (QED) is 0.473. The number of nitrogens with zero attached hydrogens (tertiary/aromatic N) is 5. The van der Waals surface area contributed by atoms with Crippen molar-refractivity contribution >= 4 is 17.2 Å². The average molecular weight is 468 g/mol. The molecule has 1 saturated heterocycles. The van der Waals surface area contributed by atoms with Crippen LogP contribution in [0.15, 0.2) is 46.2 Å². The molecule has 1 aliphatic heterocycles. The maximum Gasteiger partial charge on any atom is 0.257 e. The van der Waals surface area contributed by atoms with E-state index in [0.717, 1.165) is 50.4 Å². The van der Waals surface area contributed by atoms with Crippen LogP contribution < -0.4 is 0 Å². The Bertz CT molecular complexity index is 1020. The summed E-state index contributed by atoms with van der Waals surface area (Å²) in [6.45, 7) is 10.6. The fourth-order valence-corrected chi connectivity index (χ4v) is 4.85. The third-order valence-electron chi connectivity index (χ3n) is 6.07. The Morgan fingerprint density at radius 1 is 1.09 bits per heavy atom. The van der Waals surface area contributed by atoms with Crippen molar-refractivity contribution in [3.63, 3.8) is 0 Å². The third kappa shape index (κ3) is 6.50. The second-order valence-electron chi connectivity index (χ2n) is 8.63. The minimum absolute atomic E-state index is 0.125. The highest BCUT2D eigenvalue weighted by molar-refractivity contribution is 7.13. The predicted octanol–water partition coefficient (Wildman–Crippen LogP) is 4.05. The molecule has 1 amide bonds. The summed E-state index contributed by atoms with van der Waals surface area (Å²) in [7, 11) is 0. The molecule has 3 aromatic rings. The summed E-state index contributed by atoms with van der Waals surface area (Å²) in [6.07, 6.45) is 1.96. The van der Waals surface area contributed by atoms with Gasteiger partial charge in [-0.3, -0.25) is 14.6 Å². The highest BCUT2D eigenvalue weighted by Crippen LogP contribution is 2.23. The Morgan fingerprint density at radius 3 is 2.70 bits per heavy atom. The molecule has 0 aliphatic carbocycles. The molecule has 4 rings (SSSR count). The van der Waals surface area contributed by atoms with E-state index in [4.69, 9.17) is 4.42 Å². The maximum absolute atomic E-state index is 13.2. The van der Waals surface area contributed by atoms with Gasteiger partial charge in [0.05, 0.1) is 18.0 Å². The van der Waals surface area contributed by atoms with Crippen LogP contribution in [0.3, 0.4) is 0 Å². The van der Waals surface area contributed by atoms with Crippen LogP contribution in [-0.4, -0.2) is 70.1 Å². The number of aromatic nitrogens is 2. The smallest absolute Gasteiger partial charge is 0.257 e. The van der Waals surface area contributed by atoms with Crippen LogP contribution >= 0.6 is 11.3 Å². The minimum Gasteiger partial charge on any atom is -0.418 e. The second kappa shape index (κ2) is 11.5. The van der Waals surface area contributed by atoms with Crippen LogP contribution in [0.2, 0.25) is 0 Å². The molecule has 0 N–H and O–H groups in total. The number of aryl methyl sites for hydroxylation is 1. The molecule has 0 spiro atoms. The van der Waals surface area contributed by atoms with E-state index in [1.54, 1.807) is 11.3 Å². The lowest BCUT2D eigenvalue weighted by Gasteiger charge is -2.26. The van der Waals surface area contributed by atoms with Crippen LogP contribution in [0.25, 0.3) is 10.8 Å². The van der Waals surface area contributed by atoms with Crippen molar-refractivity contribution in [2.45, 2.75) is 39.8 Å². The number of benzene rings is 1. The molecule has 0 saturated carbocycles. The Hall–Kier alpha value is -2.55. The zero-order valence-electron chi connectivity index (χ0n) is 19.6. The Balaban J connectivity index is 1.31. The van der Waals surface area contributed by atoms with Gasteiger partial charge in [-0.05, 0) is 55.4 Å². The summed E-state index contributed by atoms with van der Waals surface area (Å²) >= 11 is 1.56. The monoisotopic (exact) mass is 467 g/mol. The number of carbonyl (C=O) groups excluding carboxylic acids is 1. The van der Waals surface area contributed by atoms with Gasteiger partial charge in [0.25, 0.3) is 5.89 Å². The Labute approximate surface area is 200 Å². The van der Waals surface area contributed by atoms with Crippen molar-refractivity contribution in [3.8, 4) is 10.8 Å². The van der Waals surface area contributed by atoms with Gasteiger partial charge in [-0.15, -0.1) is 21.5 Å². The van der Waals surface area contributed by atoms with E-state index in [9.17, 15) is 4.79 Å². The van der Waals surface area contributed by atoms with Gasteiger partial charge in [0.15, 0.2) is 0 Å². The van der Waals surface area contributed by atoms with E-state index < -0.39 is 0 Å². The number of carbonyl (C=O) groups is 1. The zero-order chi connectivity index (χ0) is 23.0. The Kier molecular flexibility index (Phi) is 8.25. The maximum atomic E-state index is 13.2. The molecule has 7 nitrogen and oxygen atoms in total. The molecule has 0 bridgehead atoms.